The summed E-state index contributed by atoms with van der Waals surface area (Å²) in [5, 5.41) is 2.68. The number of carbonyl (C=O) groups excluding carboxylic acids is 1. The number of nitrogens with two attached hydrogens (primary N) is 1. The summed E-state index contributed by atoms with van der Waals surface area (Å²) in [7, 11) is 0. The van der Waals surface area contributed by atoms with Crippen molar-refractivity contribution in [2.75, 3.05) is 11.1 Å². The van der Waals surface area contributed by atoms with Gasteiger partial charge in [0.1, 0.15) is 6.54 Å². The molecule has 98 valence electrons. The molecule has 1 aromatic heterocycles. The van der Waals surface area contributed by atoms with Gasteiger partial charge in [-0.05, 0) is 34.1 Å². The van der Waals surface area contributed by atoms with Crippen LogP contribution in [0.1, 0.15) is 0 Å². The second-order valence-electron chi connectivity index (χ2n) is 3.83. The lowest BCUT2D eigenvalue weighted by molar-refractivity contribution is -0.116. The monoisotopic (exact) mass is 322 g/mol. The molecule has 0 aliphatic rings. The Morgan fingerprint density at radius 1 is 1.42 bits per heavy atom. The minimum Gasteiger partial charge on any atom is -0.399 e. The molecule has 0 bridgehead atoms. The molecule has 0 aliphatic carbocycles. The van der Waals surface area contributed by atoms with Crippen LogP contribution in [0.5, 0.6) is 0 Å². The number of halogens is 1. The lowest BCUT2D eigenvalue weighted by Crippen LogP contribution is -2.27. The van der Waals surface area contributed by atoms with Crippen LogP contribution < -0.4 is 16.6 Å². The van der Waals surface area contributed by atoms with Crippen LogP contribution in [-0.4, -0.2) is 15.5 Å². The van der Waals surface area contributed by atoms with Gasteiger partial charge in [0, 0.05) is 22.4 Å². The summed E-state index contributed by atoms with van der Waals surface area (Å²) in [6.45, 7) is -0.0938. The van der Waals surface area contributed by atoms with E-state index in [0.717, 1.165) is 0 Å². The van der Waals surface area contributed by atoms with E-state index >= 15 is 0 Å². The predicted octanol–water partition coefficient (Wildman–Crippen LogP) is 1.23. The van der Waals surface area contributed by atoms with E-state index in [-0.39, 0.29) is 18.0 Å². The number of nitrogens with one attached hydrogen (secondary N) is 1. The van der Waals surface area contributed by atoms with Gasteiger partial charge >= 0.3 is 0 Å². The molecule has 0 aliphatic heterocycles. The lowest BCUT2D eigenvalue weighted by atomic mass is 10.3. The zero-order chi connectivity index (χ0) is 13.8. The van der Waals surface area contributed by atoms with Crippen molar-refractivity contribution >= 4 is 33.2 Å². The van der Waals surface area contributed by atoms with Crippen molar-refractivity contribution < 1.29 is 4.79 Å². The molecule has 0 fully saturated rings. The maximum Gasteiger partial charge on any atom is 0.253 e. The number of amides is 1. The van der Waals surface area contributed by atoms with Crippen molar-refractivity contribution in [1.29, 1.82) is 0 Å². The van der Waals surface area contributed by atoms with E-state index in [4.69, 9.17) is 5.73 Å². The third-order valence-electron chi connectivity index (χ3n) is 2.37. The molecule has 6 nitrogen and oxygen atoms in total. The van der Waals surface area contributed by atoms with E-state index in [0.29, 0.717) is 15.8 Å². The molecule has 0 unspecified atom stereocenters. The molecular weight excluding hydrogens is 312 g/mol. The Kier molecular flexibility index (Phi) is 3.96. The van der Waals surface area contributed by atoms with Gasteiger partial charge in [-0.2, -0.15) is 0 Å². The number of hydrogen-bond acceptors (Lipinski definition) is 4. The van der Waals surface area contributed by atoms with Crippen LogP contribution in [0.4, 0.5) is 11.4 Å². The van der Waals surface area contributed by atoms with E-state index in [1.54, 1.807) is 18.2 Å². The van der Waals surface area contributed by atoms with Gasteiger partial charge < -0.3 is 11.1 Å². The normalized spacial score (nSPS) is 10.2. The highest BCUT2D eigenvalue weighted by molar-refractivity contribution is 9.10. The minimum atomic E-state index is -0.319. The molecule has 1 heterocycles. The Labute approximate surface area is 117 Å². The maximum absolute atomic E-state index is 11.8. The van der Waals surface area contributed by atoms with Crippen LogP contribution >= 0.6 is 15.9 Å². The molecule has 19 heavy (non-hydrogen) atoms. The van der Waals surface area contributed by atoms with Crippen molar-refractivity contribution in [1.82, 2.24) is 9.55 Å². The molecule has 2 aromatic rings. The number of hydrogen-bond donors (Lipinski definition) is 2. The second kappa shape index (κ2) is 5.66. The van der Waals surface area contributed by atoms with Crippen molar-refractivity contribution in [2.24, 2.45) is 0 Å². The molecular formula is C12H11BrN4O2. The fraction of sp³-hybridized carbons (Fsp3) is 0.0833. The number of aromatic nitrogens is 2. The van der Waals surface area contributed by atoms with Gasteiger partial charge in [0.25, 0.3) is 5.56 Å². The van der Waals surface area contributed by atoms with Crippen molar-refractivity contribution in [2.45, 2.75) is 6.54 Å². The first-order chi connectivity index (χ1) is 9.06. The van der Waals surface area contributed by atoms with Crippen molar-refractivity contribution in [3.05, 3.63) is 51.6 Å². The van der Waals surface area contributed by atoms with Gasteiger partial charge in [0.05, 0.1) is 12.0 Å². The van der Waals surface area contributed by atoms with Gasteiger partial charge in [0.2, 0.25) is 5.91 Å². The summed E-state index contributed by atoms with van der Waals surface area (Å²) in [5.41, 5.74) is 6.51. The zero-order valence-corrected chi connectivity index (χ0v) is 11.4. The van der Waals surface area contributed by atoms with Crippen LogP contribution in [0.15, 0.2) is 46.1 Å². The first kappa shape index (κ1) is 13.3. The number of anilines is 2. The lowest BCUT2D eigenvalue weighted by Gasteiger charge is -2.08. The van der Waals surface area contributed by atoms with Gasteiger partial charge in [-0.3, -0.25) is 14.2 Å². The smallest absolute Gasteiger partial charge is 0.253 e. The van der Waals surface area contributed by atoms with E-state index in [2.05, 4.69) is 26.2 Å². The molecule has 3 N–H and O–H groups in total. The first-order valence-electron chi connectivity index (χ1n) is 5.41. The third kappa shape index (κ3) is 3.41. The fourth-order valence-corrected chi connectivity index (χ4v) is 1.97. The largest absolute Gasteiger partial charge is 0.399 e. The van der Waals surface area contributed by atoms with Crippen LogP contribution in [-0.2, 0) is 11.3 Å². The highest BCUT2D eigenvalue weighted by Gasteiger charge is 2.07. The average Bonchev–Trinajstić information content (AvgIpc) is 2.36. The van der Waals surface area contributed by atoms with Gasteiger partial charge in [-0.1, -0.05) is 0 Å². The number of nitrogens with zero attached hydrogens (tertiary/aromatic N) is 2. The molecule has 0 saturated carbocycles. The van der Waals surface area contributed by atoms with Crippen LogP contribution in [0.3, 0.4) is 0 Å². The summed E-state index contributed by atoms with van der Waals surface area (Å²) < 4.78 is 1.90. The van der Waals surface area contributed by atoms with E-state index in [1.165, 1.54) is 23.2 Å². The fourth-order valence-electron chi connectivity index (χ4n) is 1.47. The Morgan fingerprint density at radius 2 is 2.21 bits per heavy atom. The number of rotatable bonds is 3. The Balaban J connectivity index is 2.10. The maximum atomic E-state index is 11.8. The summed E-state index contributed by atoms with van der Waals surface area (Å²) >= 11 is 3.30. The first-order valence-corrected chi connectivity index (χ1v) is 6.21. The zero-order valence-electron chi connectivity index (χ0n) is 9.84. The SMILES string of the molecule is Nc1ccc(NC(=O)Cn2cnccc2=O)c(Br)c1. The van der Waals surface area contributed by atoms with Gasteiger partial charge in [-0.25, -0.2) is 4.98 Å². The van der Waals surface area contributed by atoms with E-state index in [1.807, 2.05) is 0 Å². The highest BCUT2D eigenvalue weighted by atomic mass is 79.9. The van der Waals surface area contributed by atoms with Gasteiger partial charge in [0.15, 0.2) is 0 Å². The van der Waals surface area contributed by atoms with Crippen LogP contribution in [0.25, 0.3) is 0 Å². The second-order valence-corrected chi connectivity index (χ2v) is 4.69. The molecule has 0 saturated heterocycles. The number of nitrogen functional groups attached to an aromatic ring is 1. The highest BCUT2D eigenvalue weighted by Crippen LogP contribution is 2.24. The van der Waals surface area contributed by atoms with E-state index < -0.39 is 0 Å². The quantitative estimate of drug-likeness (QED) is 0.831. The molecule has 0 radical (unpaired) electrons. The van der Waals surface area contributed by atoms with E-state index in [9.17, 15) is 9.59 Å². The molecule has 7 heteroatoms. The standard InChI is InChI=1S/C12H11BrN4O2/c13-9-5-8(14)1-2-10(9)16-11(18)6-17-7-15-4-3-12(17)19/h1-5,7H,6,14H2,(H,16,18). The van der Waals surface area contributed by atoms with Crippen molar-refractivity contribution in [3.63, 3.8) is 0 Å². The summed E-state index contributed by atoms with van der Waals surface area (Å²) in [4.78, 5) is 27.0. The summed E-state index contributed by atoms with van der Waals surface area (Å²) in [5.74, 6) is -0.319. The third-order valence-corrected chi connectivity index (χ3v) is 3.03. The van der Waals surface area contributed by atoms with Crippen molar-refractivity contribution in [3.8, 4) is 0 Å². The minimum absolute atomic E-state index is 0.0938. The molecule has 0 spiro atoms. The molecule has 1 aromatic carbocycles. The Hall–Kier alpha value is -2.15. The summed E-state index contributed by atoms with van der Waals surface area (Å²) in [6.07, 6.45) is 2.70. The van der Waals surface area contributed by atoms with Crippen LogP contribution in [0, 0.1) is 0 Å². The van der Waals surface area contributed by atoms with Crippen LogP contribution in [0.2, 0.25) is 0 Å². The van der Waals surface area contributed by atoms with Gasteiger partial charge in [-0.15, -0.1) is 0 Å². The summed E-state index contributed by atoms with van der Waals surface area (Å²) in [6, 6.07) is 6.35. The molecule has 0 atom stereocenters. The molecule has 2 rings (SSSR count). The topological polar surface area (TPSA) is 90.0 Å². The Bertz CT molecular complexity index is 669. The number of benzene rings is 1. The average molecular weight is 323 g/mol. The molecule has 1 amide bonds. The Morgan fingerprint density at radius 3 is 2.89 bits per heavy atom. The predicted molar refractivity (Wildman–Crippen MR) is 75.7 cm³/mol. The number of carbonyl (C=O) groups is 1.